The molecule has 0 aliphatic carbocycles. The Bertz CT molecular complexity index is 573. The van der Waals surface area contributed by atoms with Crippen LogP contribution in [0.3, 0.4) is 0 Å². The van der Waals surface area contributed by atoms with Crippen LogP contribution in [0, 0.1) is 23.2 Å². The Balaban J connectivity index is 2.64. The number of thioether (sulfide) groups is 1. The zero-order valence-electron chi connectivity index (χ0n) is 9.24. The molecule has 0 aliphatic rings. The monoisotopic (exact) mass is 246 g/mol. The second-order valence-electron chi connectivity index (χ2n) is 3.13. The van der Waals surface area contributed by atoms with Crippen molar-refractivity contribution in [1.82, 2.24) is 4.98 Å². The van der Waals surface area contributed by atoms with Crippen LogP contribution < -0.4 is 5.56 Å². The highest BCUT2D eigenvalue weighted by Crippen LogP contribution is 2.02. The molecule has 17 heavy (non-hydrogen) atoms. The van der Waals surface area contributed by atoms with E-state index in [4.69, 9.17) is 5.26 Å². The lowest BCUT2D eigenvalue weighted by atomic mass is 10.2. The molecule has 0 aliphatic heterocycles. The molecule has 0 amide bonds. The minimum atomic E-state index is -0.412. The number of nitriles is 1. The molecule has 5 heteroatoms. The van der Waals surface area contributed by atoms with E-state index in [9.17, 15) is 9.59 Å². The second kappa shape index (κ2) is 6.57. The highest BCUT2D eigenvalue weighted by atomic mass is 32.2. The van der Waals surface area contributed by atoms with Gasteiger partial charge in [0.15, 0.2) is 5.12 Å². The maximum absolute atomic E-state index is 11.1. The third-order valence-electron chi connectivity index (χ3n) is 1.79. The molecule has 1 heterocycles. The van der Waals surface area contributed by atoms with Crippen molar-refractivity contribution < 1.29 is 4.79 Å². The first-order chi connectivity index (χ1) is 8.13. The van der Waals surface area contributed by atoms with E-state index in [0.717, 1.165) is 0 Å². The molecule has 0 saturated carbocycles. The Kier molecular flexibility index (Phi) is 5.06. The summed E-state index contributed by atoms with van der Waals surface area (Å²) in [7, 11) is 0. The number of aromatic amines is 1. The molecule has 0 fully saturated rings. The molecule has 0 unspecified atom stereocenters. The number of hydrogen-bond donors (Lipinski definition) is 1. The van der Waals surface area contributed by atoms with Crippen molar-refractivity contribution in [2.24, 2.45) is 0 Å². The van der Waals surface area contributed by atoms with Crippen LogP contribution in [-0.4, -0.2) is 15.9 Å². The van der Waals surface area contributed by atoms with Gasteiger partial charge in [-0.1, -0.05) is 23.6 Å². The highest BCUT2D eigenvalue weighted by molar-refractivity contribution is 8.13. The fourth-order valence-corrected chi connectivity index (χ4v) is 1.54. The van der Waals surface area contributed by atoms with Crippen LogP contribution in [0.5, 0.6) is 0 Å². The largest absolute Gasteiger partial charge is 0.327 e. The van der Waals surface area contributed by atoms with Crippen LogP contribution in [0.2, 0.25) is 0 Å². The van der Waals surface area contributed by atoms with E-state index in [1.165, 1.54) is 30.9 Å². The van der Waals surface area contributed by atoms with Crippen LogP contribution in [0.1, 0.15) is 24.5 Å². The van der Waals surface area contributed by atoms with Crippen molar-refractivity contribution in [3.8, 4) is 17.9 Å². The lowest BCUT2D eigenvalue weighted by Crippen LogP contribution is -2.09. The fourth-order valence-electron chi connectivity index (χ4n) is 1.05. The van der Waals surface area contributed by atoms with E-state index in [-0.39, 0.29) is 10.7 Å². The molecule has 0 radical (unpaired) electrons. The van der Waals surface area contributed by atoms with Crippen LogP contribution in [0.4, 0.5) is 0 Å². The zero-order chi connectivity index (χ0) is 12.7. The first kappa shape index (κ1) is 13.1. The van der Waals surface area contributed by atoms with Gasteiger partial charge in [-0.05, 0) is 6.07 Å². The summed E-state index contributed by atoms with van der Waals surface area (Å²) in [6.45, 7) is 1.51. The summed E-state index contributed by atoms with van der Waals surface area (Å²) in [5.41, 5.74) is 0.231. The number of nitrogens with zero attached hydrogens (tertiary/aromatic N) is 1. The smallest absolute Gasteiger partial charge is 0.265 e. The number of aromatic nitrogens is 1. The fraction of sp³-hybridized carbons (Fsp3) is 0.250. The Morgan fingerprint density at radius 1 is 1.59 bits per heavy atom. The van der Waals surface area contributed by atoms with Crippen LogP contribution >= 0.6 is 11.8 Å². The van der Waals surface area contributed by atoms with Crippen LogP contribution in [-0.2, 0) is 4.79 Å². The minimum absolute atomic E-state index is 0.0508. The number of carbonyl (C=O) groups is 1. The predicted octanol–water partition coefficient (Wildman–Crippen LogP) is 1.27. The van der Waals surface area contributed by atoms with Crippen molar-refractivity contribution in [1.29, 1.82) is 5.26 Å². The third kappa shape index (κ3) is 4.58. The van der Waals surface area contributed by atoms with Crippen molar-refractivity contribution >= 4 is 16.9 Å². The van der Waals surface area contributed by atoms with Gasteiger partial charge < -0.3 is 4.98 Å². The van der Waals surface area contributed by atoms with E-state index in [1.54, 1.807) is 6.07 Å². The van der Waals surface area contributed by atoms with Gasteiger partial charge >= 0.3 is 0 Å². The number of rotatable bonds is 2. The van der Waals surface area contributed by atoms with Gasteiger partial charge in [0.2, 0.25) is 0 Å². The molecule has 0 saturated heterocycles. The second-order valence-corrected chi connectivity index (χ2v) is 4.41. The maximum Gasteiger partial charge on any atom is 0.265 e. The van der Waals surface area contributed by atoms with Gasteiger partial charge in [-0.3, -0.25) is 9.59 Å². The van der Waals surface area contributed by atoms with Crippen molar-refractivity contribution in [2.75, 3.05) is 5.75 Å². The molecule has 1 N–H and O–H groups in total. The number of nitrogens with one attached hydrogen (secondary N) is 1. The topological polar surface area (TPSA) is 73.7 Å². The summed E-state index contributed by atoms with van der Waals surface area (Å²) >= 11 is 1.22. The lowest BCUT2D eigenvalue weighted by Gasteiger charge is -1.91. The molecule has 4 nitrogen and oxygen atoms in total. The molecular weight excluding hydrogens is 236 g/mol. The summed E-state index contributed by atoms with van der Waals surface area (Å²) in [6, 6.07) is 3.24. The summed E-state index contributed by atoms with van der Waals surface area (Å²) in [5, 5.41) is 8.73. The van der Waals surface area contributed by atoms with Gasteiger partial charge in [0.05, 0.1) is 0 Å². The van der Waals surface area contributed by atoms with Gasteiger partial charge in [-0.2, -0.15) is 5.26 Å². The van der Waals surface area contributed by atoms with Crippen molar-refractivity contribution in [2.45, 2.75) is 13.3 Å². The normalized spacial score (nSPS) is 8.94. The molecule has 0 bridgehead atoms. The Morgan fingerprint density at radius 2 is 2.35 bits per heavy atom. The molecule has 1 aromatic rings. The summed E-state index contributed by atoms with van der Waals surface area (Å²) in [4.78, 5) is 24.2. The molecule has 0 atom stereocenters. The van der Waals surface area contributed by atoms with E-state index in [0.29, 0.717) is 17.7 Å². The Labute approximate surface area is 103 Å². The summed E-state index contributed by atoms with van der Waals surface area (Å²) in [5.74, 6) is 6.35. The van der Waals surface area contributed by atoms with Gasteiger partial charge in [-0.25, -0.2) is 0 Å². The van der Waals surface area contributed by atoms with E-state index in [2.05, 4.69) is 16.8 Å². The standard InChI is InChI=1S/C12H10N2O2S/c1-9(15)17-5-3-2-4-10-6-11(7-13)12(16)14-8-10/h6,8H,3,5H2,1H3,(H,14,16). The first-order valence-corrected chi connectivity index (χ1v) is 5.87. The molecule has 0 spiro atoms. The van der Waals surface area contributed by atoms with E-state index >= 15 is 0 Å². The van der Waals surface area contributed by atoms with Gasteiger partial charge in [0.1, 0.15) is 11.6 Å². The lowest BCUT2D eigenvalue weighted by molar-refractivity contribution is -0.109. The van der Waals surface area contributed by atoms with Crippen molar-refractivity contribution in [3.05, 3.63) is 33.7 Å². The molecule has 0 aromatic carbocycles. The van der Waals surface area contributed by atoms with Crippen molar-refractivity contribution in [3.63, 3.8) is 0 Å². The van der Waals surface area contributed by atoms with E-state index in [1.807, 2.05) is 0 Å². The number of pyridine rings is 1. The van der Waals surface area contributed by atoms with Gasteiger partial charge in [-0.15, -0.1) is 0 Å². The SMILES string of the molecule is CC(=O)SCCC#Cc1c[nH]c(=O)c(C#N)c1. The van der Waals surface area contributed by atoms with E-state index < -0.39 is 5.56 Å². The molecule has 1 rings (SSSR count). The molecular formula is C12H10N2O2S. The zero-order valence-corrected chi connectivity index (χ0v) is 10.1. The quantitative estimate of drug-likeness (QED) is 0.630. The minimum Gasteiger partial charge on any atom is -0.327 e. The third-order valence-corrected chi connectivity index (χ3v) is 2.60. The van der Waals surface area contributed by atoms with Crippen LogP contribution in [0.15, 0.2) is 17.1 Å². The Hall–Kier alpha value is -1.98. The maximum atomic E-state index is 11.1. The number of hydrogen-bond acceptors (Lipinski definition) is 4. The van der Waals surface area contributed by atoms with Gasteiger partial charge in [0, 0.05) is 30.9 Å². The molecule has 86 valence electrons. The average molecular weight is 246 g/mol. The van der Waals surface area contributed by atoms with Gasteiger partial charge in [0.25, 0.3) is 5.56 Å². The molecule has 1 aromatic heterocycles. The summed E-state index contributed by atoms with van der Waals surface area (Å²) < 4.78 is 0. The Morgan fingerprint density at radius 3 is 3.00 bits per heavy atom. The average Bonchev–Trinajstić information content (AvgIpc) is 2.30. The first-order valence-electron chi connectivity index (χ1n) is 4.88. The summed E-state index contributed by atoms with van der Waals surface area (Å²) in [6.07, 6.45) is 2.06. The predicted molar refractivity (Wildman–Crippen MR) is 66.4 cm³/mol. The number of H-pyrrole nitrogens is 1. The highest BCUT2D eigenvalue weighted by Gasteiger charge is 1.97. The number of carbonyl (C=O) groups excluding carboxylic acids is 1. The van der Waals surface area contributed by atoms with Crippen LogP contribution in [0.25, 0.3) is 0 Å².